The molecule has 0 unspecified atom stereocenters. The molecule has 0 radical (unpaired) electrons. The third kappa shape index (κ3) is 6.68. The van der Waals surface area contributed by atoms with E-state index in [-0.39, 0.29) is 12.6 Å². The highest BCUT2D eigenvalue weighted by atomic mass is 16.5. The molecule has 0 fully saturated rings. The average Bonchev–Trinajstić information content (AvgIpc) is 2.01. The Balaban J connectivity index is 3.17. The van der Waals surface area contributed by atoms with Gasteiger partial charge in [0.05, 0.1) is 13.2 Å². The number of carbonyl (C=O) groups is 1. The number of rotatable bonds is 4. The van der Waals surface area contributed by atoms with Gasteiger partial charge in [-0.25, -0.2) is 4.79 Å². The molecular formula is C7H12N2O2. The third-order valence-corrected chi connectivity index (χ3v) is 0.943. The lowest BCUT2D eigenvalue weighted by Gasteiger charge is -2.03. The van der Waals surface area contributed by atoms with E-state index in [1.807, 2.05) is 0 Å². The molecule has 62 valence electrons. The summed E-state index contributed by atoms with van der Waals surface area (Å²) in [6.07, 6.45) is 4.91. The van der Waals surface area contributed by atoms with Crippen LogP contribution < -0.4 is 10.6 Å². The summed E-state index contributed by atoms with van der Waals surface area (Å²) >= 11 is 0. The molecule has 0 saturated heterocycles. The standard InChI is InChI=1S/C7H12N2O2/c1-3-4-8-7(10)9-5-6-11-2/h1H,4-6H2,2H3,(H2,8,9,10). The van der Waals surface area contributed by atoms with E-state index in [0.29, 0.717) is 13.2 Å². The van der Waals surface area contributed by atoms with Crippen molar-refractivity contribution in [1.82, 2.24) is 10.6 Å². The van der Waals surface area contributed by atoms with Gasteiger partial charge in [-0.05, 0) is 0 Å². The van der Waals surface area contributed by atoms with Gasteiger partial charge in [-0.2, -0.15) is 0 Å². The Morgan fingerprint density at radius 3 is 2.91 bits per heavy atom. The van der Waals surface area contributed by atoms with E-state index in [1.165, 1.54) is 0 Å². The van der Waals surface area contributed by atoms with Crippen LogP contribution in [0.2, 0.25) is 0 Å². The van der Waals surface area contributed by atoms with Gasteiger partial charge < -0.3 is 15.4 Å². The smallest absolute Gasteiger partial charge is 0.315 e. The monoisotopic (exact) mass is 156 g/mol. The number of hydrogen-bond donors (Lipinski definition) is 2. The Morgan fingerprint density at radius 2 is 2.36 bits per heavy atom. The maximum absolute atomic E-state index is 10.7. The minimum atomic E-state index is -0.264. The first-order valence-electron chi connectivity index (χ1n) is 3.25. The summed E-state index contributed by atoms with van der Waals surface area (Å²) in [6.45, 7) is 1.25. The summed E-state index contributed by atoms with van der Waals surface area (Å²) in [5, 5.41) is 5.00. The van der Waals surface area contributed by atoms with Gasteiger partial charge in [-0.3, -0.25) is 0 Å². The van der Waals surface area contributed by atoms with Crippen molar-refractivity contribution < 1.29 is 9.53 Å². The number of methoxy groups -OCH3 is 1. The Kier molecular flexibility index (Phi) is 6.14. The van der Waals surface area contributed by atoms with Gasteiger partial charge in [-0.15, -0.1) is 6.42 Å². The molecule has 2 N–H and O–H groups in total. The molecule has 0 aliphatic carbocycles. The van der Waals surface area contributed by atoms with Crippen LogP contribution in [-0.2, 0) is 4.74 Å². The zero-order valence-electron chi connectivity index (χ0n) is 6.52. The molecule has 0 aliphatic rings. The molecule has 4 nitrogen and oxygen atoms in total. The highest BCUT2D eigenvalue weighted by molar-refractivity contribution is 5.74. The SMILES string of the molecule is C#CCNC(=O)NCCOC. The lowest BCUT2D eigenvalue weighted by molar-refractivity contribution is 0.196. The summed E-state index contributed by atoms with van der Waals surface area (Å²) in [7, 11) is 1.57. The molecule has 0 heterocycles. The second-order valence-electron chi connectivity index (χ2n) is 1.81. The van der Waals surface area contributed by atoms with Crippen LogP contribution in [0, 0.1) is 12.3 Å². The molecule has 11 heavy (non-hydrogen) atoms. The van der Waals surface area contributed by atoms with Crippen LogP contribution in [-0.4, -0.2) is 32.8 Å². The van der Waals surface area contributed by atoms with Crippen LogP contribution in [0.5, 0.6) is 0 Å². The van der Waals surface area contributed by atoms with Gasteiger partial charge in [0.1, 0.15) is 0 Å². The number of urea groups is 1. The molecule has 0 aromatic carbocycles. The van der Waals surface area contributed by atoms with Gasteiger partial charge in [0.25, 0.3) is 0 Å². The predicted molar refractivity (Wildman–Crippen MR) is 42.1 cm³/mol. The third-order valence-electron chi connectivity index (χ3n) is 0.943. The molecule has 0 rings (SSSR count). The number of nitrogens with one attached hydrogen (secondary N) is 2. The van der Waals surface area contributed by atoms with Crippen molar-refractivity contribution in [3.05, 3.63) is 0 Å². The fourth-order valence-corrected chi connectivity index (χ4v) is 0.460. The van der Waals surface area contributed by atoms with Gasteiger partial charge in [0.15, 0.2) is 0 Å². The average molecular weight is 156 g/mol. The van der Waals surface area contributed by atoms with Crippen molar-refractivity contribution in [3.63, 3.8) is 0 Å². The highest BCUT2D eigenvalue weighted by Gasteiger charge is 1.94. The van der Waals surface area contributed by atoms with Crippen LogP contribution in [0.4, 0.5) is 4.79 Å². The Morgan fingerprint density at radius 1 is 1.64 bits per heavy atom. The maximum atomic E-state index is 10.7. The van der Waals surface area contributed by atoms with Gasteiger partial charge >= 0.3 is 6.03 Å². The minimum absolute atomic E-state index is 0.249. The van der Waals surface area contributed by atoms with E-state index in [0.717, 1.165) is 0 Å². The number of hydrogen-bond acceptors (Lipinski definition) is 2. The molecule has 0 atom stereocenters. The molecule has 0 aromatic rings. The van der Waals surface area contributed by atoms with E-state index >= 15 is 0 Å². The van der Waals surface area contributed by atoms with Crippen molar-refractivity contribution >= 4 is 6.03 Å². The summed E-state index contributed by atoms with van der Waals surface area (Å²) in [5.74, 6) is 2.29. The normalized spacial score (nSPS) is 8.36. The van der Waals surface area contributed by atoms with E-state index in [4.69, 9.17) is 11.2 Å². The first-order chi connectivity index (χ1) is 5.31. The van der Waals surface area contributed by atoms with E-state index in [2.05, 4.69) is 16.6 Å². The Hall–Kier alpha value is -1.21. The van der Waals surface area contributed by atoms with E-state index < -0.39 is 0 Å². The summed E-state index contributed by atoms with van der Waals surface area (Å²) < 4.78 is 4.71. The molecule has 0 aliphatic heterocycles. The van der Waals surface area contributed by atoms with Crippen LogP contribution in [0.15, 0.2) is 0 Å². The second-order valence-corrected chi connectivity index (χ2v) is 1.81. The largest absolute Gasteiger partial charge is 0.383 e. The number of carbonyl (C=O) groups excluding carboxylic acids is 1. The van der Waals surface area contributed by atoms with Crippen LogP contribution in [0.3, 0.4) is 0 Å². The summed E-state index contributed by atoms with van der Waals surface area (Å²) in [5.41, 5.74) is 0. The van der Waals surface area contributed by atoms with Crippen LogP contribution in [0.25, 0.3) is 0 Å². The molecule has 0 bridgehead atoms. The van der Waals surface area contributed by atoms with E-state index in [1.54, 1.807) is 7.11 Å². The van der Waals surface area contributed by atoms with Crippen molar-refractivity contribution in [2.45, 2.75) is 0 Å². The number of ether oxygens (including phenoxy) is 1. The maximum Gasteiger partial charge on any atom is 0.315 e. The van der Waals surface area contributed by atoms with E-state index in [9.17, 15) is 4.79 Å². The quantitative estimate of drug-likeness (QED) is 0.428. The lowest BCUT2D eigenvalue weighted by Crippen LogP contribution is -2.37. The zero-order valence-corrected chi connectivity index (χ0v) is 6.52. The fraction of sp³-hybridized carbons (Fsp3) is 0.571. The topological polar surface area (TPSA) is 50.4 Å². The first kappa shape index (κ1) is 9.79. The number of amides is 2. The number of terminal acetylenes is 1. The van der Waals surface area contributed by atoms with Crippen molar-refractivity contribution in [1.29, 1.82) is 0 Å². The first-order valence-corrected chi connectivity index (χ1v) is 3.25. The van der Waals surface area contributed by atoms with Crippen molar-refractivity contribution in [3.8, 4) is 12.3 Å². The Bertz CT molecular complexity index is 151. The van der Waals surface area contributed by atoms with Crippen LogP contribution >= 0.6 is 0 Å². The lowest BCUT2D eigenvalue weighted by atomic mass is 10.6. The summed E-state index contributed by atoms with van der Waals surface area (Å²) in [4.78, 5) is 10.7. The predicted octanol–water partition coefficient (Wildman–Crippen LogP) is -0.435. The fourth-order valence-electron chi connectivity index (χ4n) is 0.460. The molecular weight excluding hydrogens is 144 g/mol. The molecule has 4 heteroatoms. The second kappa shape index (κ2) is 6.90. The zero-order chi connectivity index (χ0) is 8.53. The Labute approximate surface area is 66.3 Å². The minimum Gasteiger partial charge on any atom is -0.383 e. The molecule has 0 aromatic heterocycles. The summed E-state index contributed by atoms with van der Waals surface area (Å²) in [6, 6.07) is -0.264. The molecule has 0 saturated carbocycles. The van der Waals surface area contributed by atoms with Gasteiger partial charge in [-0.1, -0.05) is 5.92 Å². The van der Waals surface area contributed by atoms with Gasteiger partial charge in [0, 0.05) is 13.7 Å². The highest BCUT2D eigenvalue weighted by Crippen LogP contribution is 1.66. The van der Waals surface area contributed by atoms with Crippen molar-refractivity contribution in [2.24, 2.45) is 0 Å². The van der Waals surface area contributed by atoms with Crippen molar-refractivity contribution in [2.75, 3.05) is 26.8 Å². The molecule has 2 amide bonds. The molecule has 0 spiro atoms. The van der Waals surface area contributed by atoms with Gasteiger partial charge in [0.2, 0.25) is 0 Å². The van der Waals surface area contributed by atoms with Crippen LogP contribution in [0.1, 0.15) is 0 Å².